The van der Waals surface area contributed by atoms with Crippen molar-refractivity contribution in [1.82, 2.24) is 0 Å². The van der Waals surface area contributed by atoms with Crippen molar-refractivity contribution in [1.29, 1.82) is 0 Å². The molecule has 2 aromatic carbocycles. The molecule has 0 radical (unpaired) electrons. The standard InChI is InChI=1S/C22H27NO3S/c1-5-6-7-19-10-12-20(13-11-19)23(22(24)16-17(2)3)27(25,26)21-14-8-18(4)9-15-21/h8-16H,5-7H2,1-4H3. The molecule has 0 heterocycles. The summed E-state index contributed by atoms with van der Waals surface area (Å²) < 4.78 is 27.3. The van der Waals surface area contributed by atoms with E-state index < -0.39 is 15.9 Å². The molecule has 144 valence electrons. The van der Waals surface area contributed by atoms with E-state index in [-0.39, 0.29) is 4.90 Å². The highest BCUT2D eigenvalue weighted by atomic mass is 32.2. The van der Waals surface area contributed by atoms with Crippen LogP contribution in [0.2, 0.25) is 0 Å². The smallest absolute Gasteiger partial charge is 0.268 e. The van der Waals surface area contributed by atoms with Crippen molar-refractivity contribution < 1.29 is 13.2 Å². The Morgan fingerprint density at radius 3 is 2.11 bits per heavy atom. The summed E-state index contributed by atoms with van der Waals surface area (Å²) in [6, 6.07) is 13.7. The van der Waals surface area contributed by atoms with Crippen LogP contribution in [0.5, 0.6) is 0 Å². The van der Waals surface area contributed by atoms with Gasteiger partial charge in [0.25, 0.3) is 15.9 Å². The first-order valence-corrected chi connectivity index (χ1v) is 10.6. The fraction of sp³-hybridized carbons (Fsp3) is 0.318. The molecule has 1 amide bonds. The van der Waals surface area contributed by atoms with Gasteiger partial charge in [-0.1, -0.05) is 48.7 Å². The summed E-state index contributed by atoms with van der Waals surface area (Å²) in [6.07, 6.45) is 4.44. The molecule has 0 saturated heterocycles. The summed E-state index contributed by atoms with van der Waals surface area (Å²) in [4.78, 5) is 12.9. The lowest BCUT2D eigenvalue weighted by Gasteiger charge is -2.22. The molecular weight excluding hydrogens is 358 g/mol. The Morgan fingerprint density at radius 1 is 1.00 bits per heavy atom. The van der Waals surface area contributed by atoms with Gasteiger partial charge < -0.3 is 0 Å². The highest BCUT2D eigenvalue weighted by Crippen LogP contribution is 2.25. The van der Waals surface area contributed by atoms with Gasteiger partial charge in [-0.25, -0.2) is 8.42 Å². The second-order valence-electron chi connectivity index (χ2n) is 6.91. The van der Waals surface area contributed by atoms with Crippen LogP contribution in [0.25, 0.3) is 0 Å². The van der Waals surface area contributed by atoms with Crippen LogP contribution in [0.4, 0.5) is 5.69 Å². The molecule has 2 aromatic rings. The number of carbonyl (C=O) groups is 1. The van der Waals surface area contributed by atoms with Gasteiger partial charge in [0.2, 0.25) is 0 Å². The van der Waals surface area contributed by atoms with Crippen LogP contribution >= 0.6 is 0 Å². The van der Waals surface area contributed by atoms with Crippen LogP contribution < -0.4 is 4.31 Å². The minimum atomic E-state index is -4.01. The lowest BCUT2D eigenvalue weighted by atomic mass is 10.1. The summed E-state index contributed by atoms with van der Waals surface area (Å²) in [6.45, 7) is 7.55. The summed E-state index contributed by atoms with van der Waals surface area (Å²) in [5.41, 5.74) is 3.17. The fourth-order valence-corrected chi connectivity index (χ4v) is 4.06. The maximum absolute atomic E-state index is 13.2. The van der Waals surface area contributed by atoms with E-state index in [0.29, 0.717) is 5.69 Å². The Morgan fingerprint density at radius 2 is 1.59 bits per heavy atom. The molecule has 0 atom stereocenters. The van der Waals surface area contributed by atoms with E-state index in [9.17, 15) is 13.2 Å². The Bertz CT molecular complexity index is 907. The number of benzene rings is 2. The van der Waals surface area contributed by atoms with Gasteiger partial charge in [-0.15, -0.1) is 0 Å². The van der Waals surface area contributed by atoms with Crippen LogP contribution in [-0.4, -0.2) is 14.3 Å². The number of carbonyl (C=O) groups excluding carboxylic acids is 1. The molecule has 0 fully saturated rings. The predicted octanol–water partition coefficient (Wildman–Crippen LogP) is 5.03. The average molecular weight is 386 g/mol. The van der Waals surface area contributed by atoms with Gasteiger partial charge in [-0.2, -0.15) is 4.31 Å². The first kappa shape index (κ1) is 20.9. The largest absolute Gasteiger partial charge is 0.271 e. The predicted molar refractivity (Wildman–Crippen MR) is 110 cm³/mol. The first-order chi connectivity index (χ1) is 12.8. The summed E-state index contributed by atoms with van der Waals surface area (Å²) in [7, 11) is -4.01. The van der Waals surface area contributed by atoms with E-state index >= 15 is 0 Å². The second-order valence-corrected chi connectivity index (χ2v) is 8.70. The number of anilines is 1. The van der Waals surface area contributed by atoms with E-state index in [1.165, 1.54) is 18.2 Å². The van der Waals surface area contributed by atoms with Gasteiger partial charge in [0, 0.05) is 6.08 Å². The molecule has 0 unspecified atom stereocenters. The molecule has 5 heteroatoms. The molecular formula is C22H27NO3S. The van der Waals surface area contributed by atoms with E-state index in [2.05, 4.69) is 6.92 Å². The maximum atomic E-state index is 13.2. The zero-order valence-electron chi connectivity index (χ0n) is 16.4. The van der Waals surface area contributed by atoms with E-state index in [0.717, 1.165) is 40.3 Å². The van der Waals surface area contributed by atoms with Crippen LogP contribution in [0.1, 0.15) is 44.7 Å². The Hall–Kier alpha value is -2.40. The number of hydrogen-bond acceptors (Lipinski definition) is 3. The van der Waals surface area contributed by atoms with Gasteiger partial charge in [0.15, 0.2) is 0 Å². The van der Waals surface area contributed by atoms with Crippen LogP contribution in [0.3, 0.4) is 0 Å². The van der Waals surface area contributed by atoms with Crippen molar-refractivity contribution in [3.05, 3.63) is 71.3 Å². The van der Waals surface area contributed by atoms with Crippen molar-refractivity contribution in [2.24, 2.45) is 0 Å². The van der Waals surface area contributed by atoms with Crippen molar-refractivity contribution in [3.63, 3.8) is 0 Å². The van der Waals surface area contributed by atoms with Crippen molar-refractivity contribution in [3.8, 4) is 0 Å². The van der Waals surface area contributed by atoms with E-state index in [4.69, 9.17) is 0 Å². The molecule has 2 rings (SSSR count). The molecule has 0 aromatic heterocycles. The number of sulfonamides is 1. The zero-order valence-corrected chi connectivity index (χ0v) is 17.2. The minimum Gasteiger partial charge on any atom is -0.268 e. The third kappa shape index (κ3) is 5.30. The fourth-order valence-electron chi connectivity index (χ4n) is 2.68. The monoisotopic (exact) mass is 385 g/mol. The van der Waals surface area contributed by atoms with Crippen LogP contribution in [0.15, 0.2) is 65.1 Å². The topological polar surface area (TPSA) is 54.5 Å². The number of amides is 1. The van der Waals surface area contributed by atoms with Crippen LogP contribution in [0, 0.1) is 6.92 Å². The molecule has 0 saturated carbocycles. The zero-order chi connectivity index (χ0) is 20.0. The molecule has 0 aliphatic carbocycles. The molecule has 0 aliphatic rings. The number of aryl methyl sites for hydroxylation is 2. The van der Waals surface area contributed by atoms with Crippen molar-refractivity contribution >= 4 is 21.6 Å². The quantitative estimate of drug-likeness (QED) is 0.629. The van der Waals surface area contributed by atoms with Gasteiger partial charge >= 0.3 is 0 Å². The van der Waals surface area contributed by atoms with E-state index in [1.54, 1.807) is 38.1 Å². The van der Waals surface area contributed by atoms with Gasteiger partial charge in [-0.3, -0.25) is 4.79 Å². The normalized spacial score (nSPS) is 11.1. The highest BCUT2D eigenvalue weighted by Gasteiger charge is 2.29. The number of nitrogens with zero attached hydrogens (tertiary/aromatic N) is 1. The molecule has 4 nitrogen and oxygen atoms in total. The molecule has 0 spiro atoms. The Balaban J connectivity index is 2.50. The Labute approximate surface area is 162 Å². The number of allylic oxidation sites excluding steroid dienone is 1. The number of rotatable bonds is 7. The first-order valence-electron chi connectivity index (χ1n) is 9.15. The molecule has 0 aliphatic heterocycles. The lowest BCUT2D eigenvalue weighted by Crippen LogP contribution is -2.36. The number of unbranched alkanes of at least 4 members (excludes halogenated alkanes) is 1. The summed E-state index contributed by atoms with van der Waals surface area (Å²) in [5, 5.41) is 0. The summed E-state index contributed by atoms with van der Waals surface area (Å²) in [5.74, 6) is -0.572. The van der Waals surface area contributed by atoms with Crippen molar-refractivity contribution in [2.45, 2.75) is 51.9 Å². The molecule has 0 N–H and O–H groups in total. The van der Waals surface area contributed by atoms with Gasteiger partial charge in [0.05, 0.1) is 10.6 Å². The maximum Gasteiger partial charge on any atom is 0.271 e. The molecule has 27 heavy (non-hydrogen) atoms. The number of hydrogen-bond donors (Lipinski definition) is 0. The van der Waals surface area contributed by atoms with Crippen LogP contribution in [-0.2, 0) is 21.2 Å². The Kier molecular flexibility index (Phi) is 6.97. The van der Waals surface area contributed by atoms with Gasteiger partial charge in [0.1, 0.15) is 0 Å². The molecule has 0 bridgehead atoms. The van der Waals surface area contributed by atoms with Gasteiger partial charge in [-0.05, 0) is 63.4 Å². The highest BCUT2D eigenvalue weighted by molar-refractivity contribution is 7.93. The van der Waals surface area contributed by atoms with E-state index in [1.807, 2.05) is 19.1 Å². The average Bonchev–Trinajstić information content (AvgIpc) is 2.60. The lowest BCUT2D eigenvalue weighted by molar-refractivity contribution is -0.113. The summed E-state index contributed by atoms with van der Waals surface area (Å²) >= 11 is 0. The van der Waals surface area contributed by atoms with Crippen molar-refractivity contribution in [2.75, 3.05) is 4.31 Å². The third-order valence-electron chi connectivity index (χ3n) is 4.16. The third-order valence-corrected chi connectivity index (χ3v) is 5.90. The second kappa shape index (κ2) is 9.00. The minimum absolute atomic E-state index is 0.0960. The SMILES string of the molecule is CCCCc1ccc(N(C(=O)C=C(C)C)S(=O)(=O)c2ccc(C)cc2)cc1.